The quantitative estimate of drug-likeness (QED) is 0.325. The second-order valence-electron chi connectivity index (χ2n) is 3.52. The first kappa shape index (κ1) is 14.2. The maximum absolute atomic E-state index is 3.43. The van der Waals surface area contributed by atoms with E-state index in [1.807, 2.05) is 60.4 Å². The summed E-state index contributed by atoms with van der Waals surface area (Å²) in [6, 6.07) is 12.0. The van der Waals surface area contributed by atoms with Crippen molar-refractivity contribution in [2.45, 2.75) is 0 Å². The number of halogens is 2. The van der Waals surface area contributed by atoms with Crippen LogP contribution in [0.3, 0.4) is 0 Å². The Labute approximate surface area is 127 Å². The van der Waals surface area contributed by atoms with Crippen molar-refractivity contribution < 1.29 is 28.5 Å². The van der Waals surface area contributed by atoms with Gasteiger partial charge in [-0.3, -0.25) is 0 Å². The van der Waals surface area contributed by atoms with Crippen LogP contribution in [0, 0.1) is 11.8 Å². The first-order valence-corrected chi connectivity index (χ1v) is 5.76. The second kappa shape index (κ2) is 6.77. The van der Waals surface area contributed by atoms with Crippen molar-refractivity contribution in [2.75, 3.05) is 0 Å². The van der Waals surface area contributed by atoms with Crippen LogP contribution in [0.1, 0.15) is 11.1 Å². The van der Waals surface area contributed by atoms with E-state index in [2.05, 4.69) is 27.8 Å². The molecular weight excluding hydrogens is 389 g/mol. The first-order chi connectivity index (χ1) is 7.74. The smallest absolute Gasteiger partial charge is 0.184 e. The van der Waals surface area contributed by atoms with Gasteiger partial charge >= 0.3 is 0 Å². The fraction of sp³-hybridized carbons (Fsp3) is 0.0714. The van der Waals surface area contributed by atoms with Crippen LogP contribution in [0.4, 0.5) is 0 Å². The number of hydrogen-bond donors (Lipinski definition) is 0. The summed E-state index contributed by atoms with van der Waals surface area (Å²) in [5, 5.41) is 0. The van der Waals surface area contributed by atoms with Gasteiger partial charge in [-0.25, -0.2) is 4.57 Å². The number of aromatic nitrogens is 1. The number of nitrogens with zero attached hydrogens (tertiary/aromatic N) is 1. The molecule has 0 bridgehead atoms. The lowest BCUT2D eigenvalue weighted by atomic mass is 10.2. The summed E-state index contributed by atoms with van der Waals surface area (Å²) in [6.07, 6.45) is 4.00. The van der Waals surface area contributed by atoms with Crippen molar-refractivity contribution in [1.29, 1.82) is 0 Å². The van der Waals surface area contributed by atoms with E-state index in [9.17, 15) is 0 Å². The Morgan fingerprint density at radius 3 is 2.47 bits per heavy atom. The molecule has 0 aliphatic carbocycles. The first-order valence-electron chi connectivity index (χ1n) is 4.97. The minimum absolute atomic E-state index is 0. The molecule has 0 amide bonds. The Hall–Kier alpha value is -0.860. The highest BCUT2D eigenvalue weighted by Crippen LogP contribution is 2.10. The highest BCUT2D eigenvalue weighted by molar-refractivity contribution is 9.10. The summed E-state index contributed by atoms with van der Waals surface area (Å²) < 4.78 is 3.04. The molecule has 0 unspecified atom stereocenters. The van der Waals surface area contributed by atoms with E-state index in [0.29, 0.717) is 0 Å². The Bertz CT molecular complexity index is 520. The van der Waals surface area contributed by atoms with Crippen molar-refractivity contribution in [3.05, 3.63) is 64.4 Å². The predicted molar refractivity (Wildman–Crippen MR) is 67.7 cm³/mol. The maximum Gasteiger partial charge on any atom is 0.184 e. The van der Waals surface area contributed by atoms with Crippen molar-refractivity contribution in [1.82, 2.24) is 0 Å². The zero-order valence-corrected chi connectivity index (χ0v) is 13.1. The average molecular weight is 400 g/mol. The van der Waals surface area contributed by atoms with E-state index < -0.39 is 0 Å². The molecule has 0 fully saturated rings. The van der Waals surface area contributed by atoms with Crippen LogP contribution in [-0.4, -0.2) is 0 Å². The third-order valence-corrected chi connectivity index (χ3v) is 2.61. The molecular formula is C14H11BrIN. The number of benzene rings is 1. The van der Waals surface area contributed by atoms with E-state index in [0.717, 1.165) is 15.6 Å². The largest absolute Gasteiger partial charge is 1.00 e. The average Bonchev–Trinajstić information content (AvgIpc) is 2.27. The van der Waals surface area contributed by atoms with Gasteiger partial charge in [0.15, 0.2) is 12.4 Å². The minimum Gasteiger partial charge on any atom is -1.00 e. The predicted octanol–water partition coefficient (Wildman–Crippen LogP) is -0.323. The molecule has 2 aromatic rings. The number of rotatable bonds is 0. The van der Waals surface area contributed by atoms with E-state index in [1.54, 1.807) is 0 Å². The molecule has 1 aromatic heterocycles. The lowest BCUT2D eigenvalue weighted by molar-refractivity contribution is -0.671. The Kier molecular flexibility index (Phi) is 5.66. The molecule has 0 N–H and O–H groups in total. The summed E-state index contributed by atoms with van der Waals surface area (Å²) in [6.45, 7) is 0. The maximum atomic E-state index is 3.43. The normalized spacial score (nSPS) is 8.82. The highest BCUT2D eigenvalue weighted by Gasteiger charge is 1.93. The van der Waals surface area contributed by atoms with Crippen molar-refractivity contribution >= 4 is 15.9 Å². The lowest BCUT2D eigenvalue weighted by Gasteiger charge is -1.91. The summed E-state index contributed by atoms with van der Waals surface area (Å²) in [5.41, 5.74) is 2.03. The van der Waals surface area contributed by atoms with E-state index >= 15 is 0 Å². The third kappa shape index (κ3) is 4.49. The number of pyridine rings is 1. The molecule has 3 heteroatoms. The minimum atomic E-state index is 0. The van der Waals surface area contributed by atoms with Gasteiger partial charge in [-0.05, 0) is 24.3 Å². The molecule has 0 spiro atoms. The zero-order valence-electron chi connectivity index (χ0n) is 9.32. The molecule has 2 rings (SSSR count). The van der Waals surface area contributed by atoms with Crippen LogP contribution in [-0.2, 0) is 7.05 Å². The standard InChI is InChI=1S/C14H11BrN.HI/c1-16-9-3-5-13(11-16)8-7-12-4-2-6-14(15)10-12;/h2-6,9-11H,1H3;1H/q+1;/p-1. The van der Waals surface area contributed by atoms with Gasteiger partial charge in [-0.2, -0.15) is 0 Å². The van der Waals surface area contributed by atoms with Gasteiger partial charge in [-0.1, -0.05) is 33.8 Å². The van der Waals surface area contributed by atoms with Crippen LogP contribution in [0.2, 0.25) is 0 Å². The van der Waals surface area contributed by atoms with E-state index in [-0.39, 0.29) is 24.0 Å². The molecule has 1 heterocycles. The molecule has 0 saturated carbocycles. The number of hydrogen-bond acceptors (Lipinski definition) is 0. The van der Waals surface area contributed by atoms with Crippen LogP contribution >= 0.6 is 15.9 Å². The van der Waals surface area contributed by atoms with Crippen molar-refractivity contribution in [3.63, 3.8) is 0 Å². The molecule has 1 nitrogen and oxygen atoms in total. The summed E-state index contributed by atoms with van der Waals surface area (Å²) >= 11 is 3.43. The van der Waals surface area contributed by atoms with Crippen LogP contribution in [0.25, 0.3) is 0 Å². The fourth-order valence-electron chi connectivity index (χ4n) is 1.37. The topological polar surface area (TPSA) is 3.88 Å². The van der Waals surface area contributed by atoms with Crippen molar-refractivity contribution in [3.8, 4) is 11.8 Å². The highest BCUT2D eigenvalue weighted by atomic mass is 127. The molecule has 0 atom stereocenters. The van der Waals surface area contributed by atoms with Crippen LogP contribution in [0.15, 0.2) is 53.3 Å². The van der Waals surface area contributed by atoms with Gasteiger partial charge in [0.25, 0.3) is 0 Å². The van der Waals surface area contributed by atoms with E-state index in [1.165, 1.54) is 0 Å². The molecule has 0 radical (unpaired) electrons. The number of aryl methyl sites for hydroxylation is 1. The Morgan fingerprint density at radius 1 is 1.06 bits per heavy atom. The summed E-state index contributed by atoms with van der Waals surface area (Å²) in [7, 11) is 1.99. The van der Waals surface area contributed by atoms with Gasteiger partial charge < -0.3 is 24.0 Å². The van der Waals surface area contributed by atoms with Gasteiger partial charge in [0.05, 0.1) is 5.56 Å². The summed E-state index contributed by atoms with van der Waals surface area (Å²) in [4.78, 5) is 0. The SMILES string of the molecule is C[n+]1cccc(C#Cc2cccc(Br)c2)c1.[I-]. The molecule has 0 saturated heterocycles. The van der Waals surface area contributed by atoms with Gasteiger partial charge in [0.2, 0.25) is 0 Å². The zero-order chi connectivity index (χ0) is 11.4. The molecule has 1 aromatic carbocycles. The monoisotopic (exact) mass is 399 g/mol. The summed E-state index contributed by atoms with van der Waals surface area (Å²) in [5.74, 6) is 6.27. The third-order valence-electron chi connectivity index (χ3n) is 2.12. The van der Waals surface area contributed by atoms with Crippen LogP contribution < -0.4 is 28.5 Å². The van der Waals surface area contributed by atoms with Crippen LogP contribution in [0.5, 0.6) is 0 Å². The second-order valence-corrected chi connectivity index (χ2v) is 4.43. The molecule has 0 aliphatic heterocycles. The van der Waals surface area contributed by atoms with Gasteiger partial charge in [0, 0.05) is 16.1 Å². The Balaban J connectivity index is 0.00000144. The molecule has 86 valence electrons. The fourth-order valence-corrected chi connectivity index (χ4v) is 1.77. The van der Waals surface area contributed by atoms with Gasteiger partial charge in [-0.15, -0.1) is 0 Å². The lowest BCUT2D eigenvalue weighted by Crippen LogP contribution is -3.00. The van der Waals surface area contributed by atoms with Gasteiger partial charge in [0.1, 0.15) is 7.05 Å². The van der Waals surface area contributed by atoms with E-state index in [4.69, 9.17) is 0 Å². The molecule has 0 aliphatic rings. The van der Waals surface area contributed by atoms with Crippen molar-refractivity contribution in [2.24, 2.45) is 7.05 Å². The molecule has 17 heavy (non-hydrogen) atoms. The Morgan fingerprint density at radius 2 is 1.76 bits per heavy atom.